The number of rotatable bonds is 6. The van der Waals surface area contributed by atoms with Crippen LogP contribution in [0.15, 0.2) is 57.6 Å². The Morgan fingerprint density at radius 3 is 2.76 bits per heavy atom. The summed E-state index contributed by atoms with van der Waals surface area (Å²) in [4.78, 5) is 41.1. The number of carbonyl (C=O) groups is 1. The molecule has 8 heteroatoms. The maximum Gasteiger partial charge on any atom is 0.328 e. The van der Waals surface area contributed by atoms with E-state index in [2.05, 4.69) is 15.3 Å². The van der Waals surface area contributed by atoms with E-state index >= 15 is 0 Å². The third-order valence-corrected chi connectivity index (χ3v) is 4.37. The Balaban J connectivity index is 1.54. The fraction of sp³-hybridized carbons (Fsp3) is 0.176. The summed E-state index contributed by atoms with van der Waals surface area (Å²) in [5.41, 5.74) is 0.861. The molecule has 0 fully saturated rings. The third kappa shape index (κ3) is 4.74. The van der Waals surface area contributed by atoms with Crippen LogP contribution in [0.3, 0.4) is 0 Å². The fourth-order valence-corrected chi connectivity index (χ4v) is 3.08. The van der Waals surface area contributed by atoms with Gasteiger partial charge in [0, 0.05) is 24.1 Å². The zero-order chi connectivity index (χ0) is 17.6. The van der Waals surface area contributed by atoms with Gasteiger partial charge in [0.15, 0.2) is 0 Å². The Kier molecular flexibility index (Phi) is 5.20. The number of nitrogens with zero attached hydrogens (tertiary/aromatic N) is 2. The van der Waals surface area contributed by atoms with Gasteiger partial charge in [0.05, 0.1) is 17.2 Å². The van der Waals surface area contributed by atoms with Crippen molar-refractivity contribution >= 4 is 17.2 Å². The molecule has 0 unspecified atom stereocenters. The topological polar surface area (TPSA) is 96.9 Å². The molecule has 0 atom stereocenters. The summed E-state index contributed by atoms with van der Waals surface area (Å²) < 4.78 is 1.14. The van der Waals surface area contributed by atoms with Crippen LogP contribution in [0.4, 0.5) is 0 Å². The minimum absolute atomic E-state index is 0.156. The highest BCUT2D eigenvalue weighted by Crippen LogP contribution is 2.14. The van der Waals surface area contributed by atoms with E-state index in [0.717, 1.165) is 21.7 Å². The molecule has 0 aliphatic heterocycles. The molecule has 2 aromatic heterocycles. The van der Waals surface area contributed by atoms with E-state index < -0.39 is 11.2 Å². The van der Waals surface area contributed by atoms with Crippen LogP contribution < -0.4 is 16.6 Å². The molecule has 0 aliphatic carbocycles. The van der Waals surface area contributed by atoms with Crippen molar-refractivity contribution in [3.63, 3.8) is 0 Å². The van der Waals surface area contributed by atoms with Crippen LogP contribution in [-0.2, 0) is 24.3 Å². The van der Waals surface area contributed by atoms with Crippen LogP contribution in [0.2, 0.25) is 0 Å². The van der Waals surface area contributed by atoms with Crippen LogP contribution in [0.5, 0.6) is 0 Å². The zero-order valence-corrected chi connectivity index (χ0v) is 14.1. The largest absolute Gasteiger partial charge is 0.349 e. The Hall–Kier alpha value is -3.00. The summed E-state index contributed by atoms with van der Waals surface area (Å²) in [5.74, 6) is -0.327. The Morgan fingerprint density at radius 2 is 2.00 bits per heavy atom. The maximum atomic E-state index is 11.9. The van der Waals surface area contributed by atoms with Crippen molar-refractivity contribution in [1.29, 1.82) is 0 Å². The SMILES string of the molecule is O=C(Cn1ccc(=O)[nH]c1=O)NCc1csc(Cc2ccccc2)n1. The number of aromatic nitrogens is 3. The molecule has 1 aromatic carbocycles. The van der Waals surface area contributed by atoms with E-state index in [4.69, 9.17) is 0 Å². The average Bonchev–Trinajstić information content (AvgIpc) is 3.04. The molecule has 0 spiro atoms. The number of H-pyrrole nitrogens is 1. The number of nitrogens with one attached hydrogen (secondary N) is 2. The molecule has 1 amide bonds. The van der Waals surface area contributed by atoms with E-state index in [-0.39, 0.29) is 12.5 Å². The molecule has 0 aliphatic rings. The van der Waals surface area contributed by atoms with Crippen LogP contribution in [0, 0.1) is 0 Å². The molecule has 2 heterocycles. The summed E-state index contributed by atoms with van der Waals surface area (Å²) in [6, 6.07) is 11.2. The molecular formula is C17H16N4O3S. The molecular weight excluding hydrogens is 340 g/mol. The number of carbonyl (C=O) groups excluding carboxylic acids is 1. The minimum atomic E-state index is -0.610. The maximum absolute atomic E-state index is 11.9. The number of hydrogen-bond acceptors (Lipinski definition) is 5. The quantitative estimate of drug-likeness (QED) is 0.686. The predicted molar refractivity (Wildman–Crippen MR) is 94.5 cm³/mol. The highest BCUT2D eigenvalue weighted by atomic mass is 32.1. The van der Waals surface area contributed by atoms with Crippen molar-refractivity contribution < 1.29 is 4.79 Å². The van der Waals surface area contributed by atoms with Crippen molar-refractivity contribution in [2.45, 2.75) is 19.5 Å². The molecule has 0 saturated heterocycles. The van der Waals surface area contributed by atoms with Gasteiger partial charge in [-0.1, -0.05) is 30.3 Å². The first-order chi connectivity index (χ1) is 12.1. The highest BCUT2D eigenvalue weighted by Gasteiger charge is 2.07. The van der Waals surface area contributed by atoms with Crippen molar-refractivity contribution in [1.82, 2.24) is 19.9 Å². The lowest BCUT2D eigenvalue weighted by Crippen LogP contribution is -2.35. The second-order valence-electron chi connectivity index (χ2n) is 5.41. The van der Waals surface area contributed by atoms with E-state index in [1.54, 1.807) is 11.3 Å². The van der Waals surface area contributed by atoms with Gasteiger partial charge in [0.25, 0.3) is 5.56 Å². The smallest absolute Gasteiger partial charge is 0.328 e. The van der Waals surface area contributed by atoms with Crippen LogP contribution >= 0.6 is 11.3 Å². The molecule has 3 rings (SSSR count). The lowest BCUT2D eigenvalue weighted by molar-refractivity contribution is -0.121. The molecule has 0 bridgehead atoms. The number of aromatic amines is 1. The van der Waals surface area contributed by atoms with Crippen molar-refractivity contribution in [3.8, 4) is 0 Å². The second-order valence-corrected chi connectivity index (χ2v) is 6.35. The van der Waals surface area contributed by atoms with Crippen LogP contribution in [-0.4, -0.2) is 20.4 Å². The first kappa shape index (κ1) is 16.8. The summed E-state index contributed by atoms with van der Waals surface area (Å²) in [6.07, 6.45) is 2.05. The van der Waals surface area contributed by atoms with E-state index in [0.29, 0.717) is 6.54 Å². The highest BCUT2D eigenvalue weighted by molar-refractivity contribution is 7.09. The predicted octanol–water partition coefficient (Wildman–Crippen LogP) is 0.900. The fourth-order valence-electron chi connectivity index (χ4n) is 2.25. The summed E-state index contributed by atoms with van der Waals surface area (Å²) >= 11 is 1.55. The molecule has 0 saturated carbocycles. The van der Waals surface area contributed by atoms with Gasteiger partial charge >= 0.3 is 5.69 Å². The molecule has 2 N–H and O–H groups in total. The summed E-state index contributed by atoms with van der Waals surface area (Å²) in [5, 5.41) is 5.61. The lowest BCUT2D eigenvalue weighted by Gasteiger charge is -2.05. The van der Waals surface area contributed by atoms with E-state index in [9.17, 15) is 14.4 Å². The van der Waals surface area contributed by atoms with Crippen molar-refractivity contribution in [2.75, 3.05) is 0 Å². The van der Waals surface area contributed by atoms with Gasteiger partial charge in [-0.25, -0.2) is 9.78 Å². The number of thiazole rings is 1. The Labute approximate surface area is 147 Å². The summed E-state index contributed by atoms with van der Waals surface area (Å²) in [7, 11) is 0. The zero-order valence-electron chi connectivity index (χ0n) is 13.3. The van der Waals surface area contributed by atoms with Gasteiger partial charge in [-0.15, -0.1) is 11.3 Å². The van der Waals surface area contributed by atoms with E-state index in [1.807, 2.05) is 35.7 Å². The van der Waals surface area contributed by atoms with E-state index in [1.165, 1.54) is 17.8 Å². The standard InChI is InChI=1S/C17H16N4O3S/c22-14-6-7-21(17(24)20-14)10-15(23)18-9-13-11-25-16(19-13)8-12-4-2-1-3-5-12/h1-7,11H,8-10H2,(H,18,23)(H,20,22,24). The van der Waals surface area contributed by atoms with Crippen LogP contribution in [0.1, 0.15) is 16.3 Å². The molecule has 25 heavy (non-hydrogen) atoms. The minimum Gasteiger partial charge on any atom is -0.349 e. The van der Waals surface area contributed by atoms with Crippen LogP contribution in [0.25, 0.3) is 0 Å². The third-order valence-electron chi connectivity index (χ3n) is 3.47. The number of amides is 1. The molecule has 3 aromatic rings. The normalized spacial score (nSPS) is 10.6. The molecule has 7 nitrogen and oxygen atoms in total. The Morgan fingerprint density at radius 1 is 1.20 bits per heavy atom. The van der Waals surface area contributed by atoms with Crippen molar-refractivity contribution in [3.05, 3.63) is 85.1 Å². The van der Waals surface area contributed by atoms with Gasteiger partial charge in [0.2, 0.25) is 5.91 Å². The van der Waals surface area contributed by atoms with Gasteiger partial charge < -0.3 is 5.32 Å². The molecule has 128 valence electrons. The lowest BCUT2D eigenvalue weighted by atomic mass is 10.2. The number of benzene rings is 1. The van der Waals surface area contributed by atoms with Gasteiger partial charge in [0.1, 0.15) is 6.54 Å². The van der Waals surface area contributed by atoms with Crippen molar-refractivity contribution in [2.24, 2.45) is 0 Å². The summed E-state index contributed by atoms with van der Waals surface area (Å²) in [6.45, 7) is 0.138. The Bertz CT molecular complexity index is 975. The van der Waals surface area contributed by atoms with Gasteiger partial charge in [-0.05, 0) is 5.56 Å². The van der Waals surface area contributed by atoms with Gasteiger partial charge in [-0.2, -0.15) is 0 Å². The first-order valence-electron chi connectivity index (χ1n) is 7.64. The second kappa shape index (κ2) is 7.71. The monoisotopic (exact) mass is 356 g/mol. The molecule has 0 radical (unpaired) electrons. The number of hydrogen-bond donors (Lipinski definition) is 2. The first-order valence-corrected chi connectivity index (χ1v) is 8.52. The average molecular weight is 356 g/mol. The van der Waals surface area contributed by atoms with Gasteiger partial charge in [-0.3, -0.25) is 19.1 Å².